The van der Waals surface area contributed by atoms with E-state index in [2.05, 4.69) is 22.0 Å². The first-order valence-electron chi connectivity index (χ1n) is 4.71. The van der Waals surface area contributed by atoms with Crippen molar-refractivity contribution in [1.82, 2.24) is 0 Å². The van der Waals surface area contributed by atoms with Gasteiger partial charge < -0.3 is 5.11 Å². The maximum absolute atomic E-state index is 10.4. The zero-order chi connectivity index (χ0) is 11.7. The molecule has 1 rings (SSSR count). The molecule has 0 aliphatic rings. The SMILES string of the molecule is CC(C)(C#N)C(C)(O)c1ccc(Br)cc1. The number of rotatable bonds is 2. The minimum Gasteiger partial charge on any atom is -0.384 e. The minimum absolute atomic E-state index is 0.747. The summed E-state index contributed by atoms with van der Waals surface area (Å²) in [5.74, 6) is 0. The Hall–Kier alpha value is -0.850. The van der Waals surface area contributed by atoms with Crippen molar-refractivity contribution < 1.29 is 5.11 Å². The maximum atomic E-state index is 10.4. The van der Waals surface area contributed by atoms with Crippen molar-refractivity contribution in [3.8, 4) is 6.07 Å². The molecule has 1 atom stereocenters. The minimum atomic E-state index is -1.15. The summed E-state index contributed by atoms with van der Waals surface area (Å²) >= 11 is 3.33. The molecule has 0 aromatic heterocycles. The molecule has 0 spiro atoms. The lowest BCUT2D eigenvalue weighted by atomic mass is 9.73. The number of nitrogens with zero attached hydrogens (tertiary/aromatic N) is 1. The summed E-state index contributed by atoms with van der Waals surface area (Å²) in [7, 11) is 0. The average Bonchev–Trinajstić information content (AvgIpc) is 2.18. The van der Waals surface area contributed by atoms with Crippen molar-refractivity contribution >= 4 is 15.9 Å². The van der Waals surface area contributed by atoms with E-state index < -0.39 is 11.0 Å². The van der Waals surface area contributed by atoms with Gasteiger partial charge in [-0.3, -0.25) is 0 Å². The van der Waals surface area contributed by atoms with Gasteiger partial charge in [-0.05, 0) is 38.5 Å². The van der Waals surface area contributed by atoms with Gasteiger partial charge in [-0.15, -0.1) is 0 Å². The molecule has 0 amide bonds. The van der Waals surface area contributed by atoms with E-state index in [4.69, 9.17) is 5.26 Å². The largest absolute Gasteiger partial charge is 0.384 e. The number of hydrogen-bond acceptors (Lipinski definition) is 2. The number of benzene rings is 1. The molecule has 0 aliphatic carbocycles. The van der Waals surface area contributed by atoms with Crippen LogP contribution in [0.5, 0.6) is 0 Å². The lowest BCUT2D eigenvalue weighted by molar-refractivity contribution is -0.0267. The molecule has 1 unspecified atom stereocenters. The van der Waals surface area contributed by atoms with Crippen molar-refractivity contribution in [1.29, 1.82) is 5.26 Å². The quantitative estimate of drug-likeness (QED) is 0.895. The molecule has 0 saturated heterocycles. The molecule has 1 aromatic rings. The Kier molecular flexibility index (Phi) is 3.22. The van der Waals surface area contributed by atoms with Crippen LogP contribution in [0, 0.1) is 16.7 Å². The van der Waals surface area contributed by atoms with Crippen molar-refractivity contribution in [3.05, 3.63) is 34.3 Å². The molecule has 3 heteroatoms. The maximum Gasteiger partial charge on any atom is 0.105 e. The predicted molar refractivity (Wildman–Crippen MR) is 63.1 cm³/mol. The molecule has 0 aliphatic heterocycles. The summed E-state index contributed by atoms with van der Waals surface area (Å²) in [6.07, 6.45) is 0. The molecular weight excluding hydrogens is 254 g/mol. The summed E-state index contributed by atoms with van der Waals surface area (Å²) in [6.45, 7) is 5.13. The molecule has 0 heterocycles. The lowest BCUT2D eigenvalue weighted by Gasteiger charge is -2.34. The second-order valence-corrected chi connectivity index (χ2v) is 5.23. The van der Waals surface area contributed by atoms with Crippen LogP contribution in [0.15, 0.2) is 28.7 Å². The van der Waals surface area contributed by atoms with Crippen LogP contribution < -0.4 is 0 Å². The third kappa shape index (κ3) is 2.22. The average molecular weight is 268 g/mol. The molecular formula is C12H14BrNO. The second-order valence-electron chi connectivity index (χ2n) is 4.32. The highest BCUT2D eigenvalue weighted by Crippen LogP contribution is 2.38. The number of halogens is 1. The smallest absolute Gasteiger partial charge is 0.105 e. The topological polar surface area (TPSA) is 44.0 Å². The molecule has 15 heavy (non-hydrogen) atoms. The van der Waals surface area contributed by atoms with Crippen LogP contribution in [0.25, 0.3) is 0 Å². The van der Waals surface area contributed by atoms with Crippen LogP contribution >= 0.6 is 15.9 Å². The molecule has 0 fully saturated rings. The van der Waals surface area contributed by atoms with E-state index in [1.165, 1.54) is 0 Å². The van der Waals surface area contributed by atoms with Crippen LogP contribution in [0.1, 0.15) is 26.3 Å². The molecule has 0 saturated carbocycles. The van der Waals surface area contributed by atoms with E-state index in [-0.39, 0.29) is 0 Å². The number of aliphatic hydroxyl groups is 1. The zero-order valence-corrected chi connectivity index (χ0v) is 10.7. The third-order valence-electron chi connectivity index (χ3n) is 2.90. The van der Waals surface area contributed by atoms with Crippen LogP contribution in [-0.4, -0.2) is 5.11 Å². The molecule has 0 bridgehead atoms. The van der Waals surface area contributed by atoms with Crippen molar-refractivity contribution in [3.63, 3.8) is 0 Å². The molecule has 2 nitrogen and oxygen atoms in total. The van der Waals surface area contributed by atoms with Gasteiger partial charge in [-0.1, -0.05) is 28.1 Å². The van der Waals surface area contributed by atoms with E-state index in [1.54, 1.807) is 20.8 Å². The van der Waals surface area contributed by atoms with Gasteiger partial charge in [0, 0.05) is 4.47 Å². The van der Waals surface area contributed by atoms with Crippen molar-refractivity contribution in [2.45, 2.75) is 26.4 Å². The Bertz CT molecular complexity index is 387. The Morgan fingerprint density at radius 1 is 1.20 bits per heavy atom. The van der Waals surface area contributed by atoms with Gasteiger partial charge in [-0.25, -0.2) is 0 Å². The standard InChI is InChI=1S/C12H14BrNO/c1-11(2,8-14)12(3,15)9-4-6-10(13)7-5-9/h4-7,15H,1-3H3. The summed E-state index contributed by atoms with van der Waals surface area (Å²) in [6, 6.07) is 9.49. The van der Waals surface area contributed by atoms with Crippen molar-refractivity contribution in [2.24, 2.45) is 5.41 Å². The Balaban J connectivity index is 3.18. The monoisotopic (exact) mass is 267 g/mol. The van der Waals surface area contributed by atoms with E-state index in [0.717, 1.165) is 10.0 Å². The van der Waals surface area contributed by atoms with E-state index in [9.17, 15) is 5.11 Å². The molecule has 1 aromatic carbocycles. The number of nitriles is 1. The fourth-order valence-electron chi connectivity index (χ4n) is 1.24. The van der Waals surface area contributed by atoms with Gasteiger partial charge in [0.2, 0.25) is 0 Å². The molecule has 0 radical (unpaired) electrons. The Morgan fingerprint density at radius 3 is 2.07 bits per heavy atom. The predicted octanol–water partition coefficient (Wildman–Crippen LogP) is 3.21. The highest BCUT2D eigenvalue weighted by atomic mass is 79.9. The van der Waals surface area contributed by atoms with Gasteiger partial charge in [0.1, 0.15) is 5.60 Å². The zero-order valence-electron chi connectivity index (χ0n) is 9.08. The van der Waals surface area contributed by atoms with Crippen LogP contribution in [0.2, 0.25) is 0 Å². The normalized spacial score (nSPS) is 15.5. The van der Waals surface area contributed by atoms with Gasteiger partial charge in [0.05, 0.1) is 11.5 Å². The first-order chi connectivity index (χ1) is 6.81. The van der Waals surface area contributed by atoms with Gasteiger partial charge >= 0.3 is 0 Å². The molecule has 1 N–H and O–H groups in total. The fraction of sp³-hybridized carbons (Fsp3) is 0.417. The molecule has 80 valence electrons. The van der Waals surface area contributed by atoms with Gasteiger partial charge in [-0.2, -0.15) is 5.26 Å². The van der Waals surface area contributed by atoms with Crippen molar-refractivity contribution in [2.75, 3.05) is 0 Å². The second kappa shape index (κ2) is 3.96. The highest BCUT2D eigenvalue weighted by Gasteiger charge is 2.41. The van der Waals surface area contributed by atoms with Crippen LogP contribution in [-0.2, 0) is 5.60 Å². The Labute approximate surface area is 98.7 Å². The van der Waals surface area contributed by atoms with Crippen LogP contribution in [0.3, 0.4) is 0 Å². The van der Waals surface area contributed by atoms with E-state index in [0.29, 0.717) is 0 Å². The van der Waals surface area contributed by atoms with E-state index >= 15 is 0 Å². The summed E-state index contributed by atoms with van der Waals surface area (Å²) in [5, 5.41) is 19.4. The third-order valence-corrected chi connectivity index (χ3v) is 3.43. The fourth-order valence-corrected chi connectivity index (χ4v) is 1.51. The highest BCUT2D eigenvalue weighted by molar-refractivity contribution is 9.10. The lowest BCUT2D eigenvalue weighted by Crippen LogP contribution is -2.38. The van der Waals surface area contributed by atoms with Gasteiger partial charge in [0.15, 0.2) is 0 Å². The Morgan fingerprint density at radius 2 is 1.67 bits per heavy atom. The summed E-state index contributed by atoms with van der Waals surface area (Å²) in [5.41, 5.74) is -1.22. The summed E-state index contributed by atoms with van der Waals surface area (Å²) in [4.78, 5) is 0. The van der Waals surface area contributed by atoms with Gasteiger partial charge in [0.25, 0.3) is 0 Å². The number of hydrogen-bond donors (Lipinski definition) is 1. The summed E-state index contributed by atoms with van der Waals surface area (Å²) < 4.78 is 0.955. The first-order valence-corrected chi connectivity index (χ1v) is 5.50. The first kappa shape index (κ1) is 12.2. The van der Waals surface area contributed by atoms with E-state index in [1.807, 2.05) is 24.3 Å². The van der Waals surface area contributed by atoms with Crippen LogP contribution in [0.4, 0.5) is 0 Å².